The van der Waals surface area contributed by atoms with Crippen LogP contribution in [0.3, 0.4) is 0 Å². The molecule has 1 aromatic rings. The summed E-state index contributed by atoms with van der Waals surface area (Å²) in [5, 5.41) is 0. The third-order valence-electron chi connectivity index (χ3n) is 2.56. The molecule has 0 aliphatic heterocycles. The first kappa shape index (κ1) is 15.2. The number of benzene rings is 1. The van der Waals surface area contributed by atoms with Gasteiger partial charge in [-0.1, -0.05) is 32.9 Å². The van der Waals surface area contributed by atoms with Gasteiger partial charge >= 0.3 is 7.82 Å². The summed E-state index contributed by atoms with van der Waals surface area (Å²) in [7, 11) is -4.01. The van der Waals surface area contributed by atoms with Crippen LogP contribution in [0.15, 0.2) is 18.2 Å². The highest BCUT2D eigenvalue weighted by molar-refractivity contribution is 7.47. The Morgan fingerprint density at radius 3 is 2.44 bits per heavy atom. The van der Waals surface area contributed by atoms with Crippen LogP contribution in [0.25, 0.3) is 0 Å². The lowest BCUT2D eigenvalue weighted by Crippen LogP contribution is -2.11. The van der Waals surface area contributed by atoms with Crippen molar-refractivity contribution in [3.8, 4) is 5.75 Å². The first-order valence-corrected chi connectivity index (χ1v) is 7.43. The van der Waals surface area contributed by atoms with E-state index in [1.54, 1.807) is 13.0 Å². The summed E-state index contributed by atoms with van der Waals surface area (Å²) in [5.41, 5.74) is 1.80. The summed E-state index contributed by atoms with van der Waals surface area (Å²) in [6.07, 6.45) is 0. The van der Waals surface area contributed by atoms with Gasteiger partial charge in [0.25, 0.3) is 0 Å². The number of hydrogen-bond acceptors (Lipinski definition) is 3. The zero-order chi connectivity index (χ0) is 14.0. The molecule has 0 fully saturated rings. The molecule has 18 heavy (non-hydrogen) atoms. The van der Waals surface area contributed by atoms with Crippen LogP contribution in [0.2, 0.25) is 0 Å². The molecule has 0 saturated heterocycles. The first-order valence-electron chi connectivity index (χ1n) is 5.94. The predicted molar refractivity (Wildman–Crippen MR) is 72.0 cm³/mol. The van der Waals surface area contributed by atoms with Crippen molar-refractivity contribution < 1.29 is 18.5 Å². The molecule has 0 bridgehead atoms. The monoisotopic (exact) mass is 272 g/mol. The van der Waals surface area contributed by atoms with Crippen LogP contribution >= 0.6 is 7.82 Å². The molecule has 0 aliphatic rings. The molecule has 1 N–H and O–H groups in total. The summed E-state index contributed by atoms with van der Waals surface area (Å²) in [6.45, 7) is 9.82. The number of rotatable bonds is 4. The van der Waals surface area contributed by atoms with E-state index >= 15 is 0 Å². The van der Waals surface area contributed by atoms with E-state index < -0.39 is 7.82 Å². The van der Waals surface area contributed by atoms with Gasteiger partial charge in [-0.3, -0.25) is 9.42 Å². The largest absolute Gasteiger partial charge is 0.527 e. The topological polar surface area (TPSA) is 55.8 Å². The number of phosphoric ester groups is 1. The van der Waals surface area contributed by atoms with Crippen molar-refractivity contribution in [3.05, 3.63) is 29.3 Å². The second kappa shape index (κ2) is 5.43. The zero-order valence-corrected chi connectivity index (χ0v) is 12.5. The molecule has 1 aromatic carbocycles. The Balaban J connectivity index is 3.06. The summed E-state index contributed by atoms with van der Waals surface area (Å²) >= 11 is 0. The maximum atomic E-state index is 11.6. The molecule has 0 radical (unpaired) electrons. The Morgan fingerprint density at radius 1 is 1.33 bits per heavy atom. The molecule has 4 nitrogen and oxygen atoms in total. The number of aryl methyl sites for hydroxylation is 1. The van der Waals surface area contributed by atoms with E-state index in [2.05, 4.69) is 20.8 Å². The van der Waals surface area contributed by atoms with Gasteiger partial charge < -0.3 is 4.52 Å². The Labute approximate surface area is 109 Å². The highest BCUT2D eigenvalue weighted by Crippen LogP contribution is 2.45. The molecule has 0 saturated carbocycles. The molecule has 0 aliphatic carbocycles. The summed E-state index contributed by atoms with van der Waals surface area (Å²) in [5.74, 6) is 0.390. The van der Waals surface area contributed by atoms with Crippen LogP contribution in [-0.4, -0.2) is 11.5 Å². The van der Waals surface area contributed by atoms with Crippen LogP contribution in [0, 0.1) is 6.92 Å². The maximum Gasteiger partial charge on any atom is 0.527 e. The standard InChI is InChI=1S/C13H21O4P/c1-6-16-18(14,15)17-12-9-11(13(3,4)5)8-7-10(12)2/h7-9H,6H2,1-5H3,(H,14,15). The van der Waals surface area contributed by atoms with Gasteiger partial charge in [-0.15, -0.1) is 0 Å². The summed E-state index contributed by atoms with van der Waals surface area (Å²) in [6, 6.07) is 5.66. The van der Waals surface area contributed by atoms with Gasteiger partial charge in [0.1, 0.15) is 5.75 Å². The van der Waals surface area contributed by atoms with Crippen LogP contribution in [0.1, 0.15) is 38.8 Å². The minimum Gasteiger partial charge on any atom is -0.404 e. The van der Waals surface area contributed by atoms with E-state index in [0.717, 1.165) is 11.1 Å². The van der Waals surface area contributed by atoms with Gasteiger partial charge in [-0.05, 0) is 36.5 Å². The molecule has 0 spiro atoms. The van der Waals surface area contributed by atoms with Gasteiger partial charge in [0, 0.05) is 0 Å². The fourth-order valence-electron chi connectivity index (χ4n) is 1.48. The van der Waals surface area contributed by atoms with Crippen molar-refractivity contribution in [1.29, 1.82) is 0 Å². The molecule has 1 rings (SSSR count). The van der Waals surface area contributed by atoms with Crippen LogP contribution in [0.4, 0.5) is 0 Å². The molecular formula is C13H21O4P. The van der Waals surface area contributed by atoms with E-state index in [1.807, 2.05) is 19.1 Å². The van der Waals surface area contributed by atoms with Crippen molar-refractivity contribution in [3.63, 3.8) is 0 Å². The summed E-state index contributed by atoms with van der Waals surface area (Å²) in [4.78, 5) is 9.50. The highest BCUT2D eigenvalue weighted by Gasteiger charge is 2.24. The van der Waals surface area contributed by atoms with Crippen molar-refractivity contribution in [2.24, 2.45) is 0 Å². The van der Waals surface area contributed by atoms with Crippen molar-refractivity contribution >= 4 is 7.82 Å². The lowest BCUT2D eigenvalue weighted by molar-refractivity contribution is 0.212. The van der Waals surface area contributed by atoms with Gasteiger partial charge in [0.15, 0.2) is 0 Å². The van der Waals surface area contributed by atoms with Crippen molar-refractivity contribution in [2.45, 2.75) is 40.0 Å². The lowest BCUT2D eigenvalue weighted by Gasteiger charge is -2.21. The molecular weight excluding hydrogens is 251 g/mol. The average Bonchev–Trinajstić information content (AvgIpc) is 2.19. The molecule has 1 unspecified atom stereocenters. The Kier molecular flexibility index (Phi) is 4.60. The minimum absolute atomic E-state index is 0.0448. The quantitative estimate of drug-likeness (QED) is 0.847. The Morgan fingerprint density at radius 2 is 1.94 bits per heavy atom. The molecule has 0 heterocycles. The van der Waals surface area contributed by atoms with Gasteiger partial charge in [-0.25, -0.2) is 4.57 Å². The zero-order valence-electron chi connectivity index (χ0n) is 11.6. The summed E-state index contributed by atoms with van der Waals surface area (Å²) < 4.78 is 21.4. The molecule has 5 heteroatoms. The van der Waals surface area contributed by atoms with Crippen LogP contribution in [-0.2, 0) is 14.5 Å². The van der Waals surface area contributed by atoms with Crippen molar-refractivity contribution in [2.75, 3.05) is 6.61 Å². The highest BCUT2D eigenvalue weighted by atomic mass is 31.2. The van der Waals surface area contributed by atoms with E-state index in [0.29, 0.717) is 5.75 Å². The molecule has 102 valence electrons. The lowest BCUT2D eigenvalue weighted by atomic mass is 9.86. The second-order valence-electron chi connectivity index (χ2n) is 5.21. The van der Waals surface area contributed by atoms with Crippen molar-refractivity contribution in [1.82, 2.24) is 0 Å². The number of phosphoric acid groups is 1. The number of hydrogen-bond donors (Lipinski definition) is 1. The van der Waals surface area contributed by atoms with Gasteiger partial charge in [0.05, 0.1) is 6.61 Å². The van der Waals surface area contributed by atoms with Gasteiger partial charge in [-0.2, -0.15) is 0 Å². The Bertz CT molecular complexity index is 463. The minimum atomic E-state index is -4.01. The maximum absolute atomic E-state index is 11.6. The van der Waals surface area contributed by atoms with E-state index in [1.165, 1.54) is 0 Å². The molecule has 1 atom stereocenters. The van der Waals surface area contributed by atoms with Crippen LogP contribution < -0.4 is 4.52 Å². The predicted octanol–water partition coefficient (Wildman–Crippen LogP) is 3.81. The van der Waals surface area contributed by atoms with E-state index in [4.69, 9.17) is 9.05 Å². The third kappa shape index (κ3) is 4.13. The smallest absolute Gasteiger partial charge is 0.404 e. The van der Waals surface area contributed by atoms with Gasteiger partial charge in [0.2, 0.25) is 0 Å². The van der Waals surface area contributed by atoms with E-state index in [-0.39, 0.29) is 12.0 Å². The second-order valence-corrected chi connectivity index (χ2v) is 6.59. The van der Waals surface area contributed by atoms with Crippen LogP contribution in [0.5, 0.6) is 5.75 Å². The first-order chi connectivity index (χ1) is 8.15. The molecule has 0 aromatic heterocycles. The SMILES string of the molecule is CCOP(=O)(O)Oc1cc(C(C)(C)C)ccc1C. The van der Waals surface area contributed by atoms with E-state index in [9.17, 15) is 9.46 Å². The Hall–Kier alpha value is -0.830. The fraction of sp³-hybridized carbons (Fsp3) is 0.538. The fourth-order valence-corrected chi connectivity index (χ4v) is 2.30. The average molecular weight is 272 g/mol. The molecule has 0 amide bonds. The normalized spacial score (nSPS) is 15.2. The third-order valence-corrected chi connectivity index (χ3v) is 3.57.